The number of methoxy groups -OCH3 is 1. The fraction of sp³-hybridized carbons (Fsp3) is 0.333. The topological polar surface area (TPSA) is 55.4 Å². The lowest BCUT2D eigenvalue weighted by atomic mass is 10.0. The Morgan fingerprint density at radius 3 is 2.43 bits per heavy atom. The first kappa shape index (κ1) is 17.3. The largest absolute Gasteiger partial charge is 0.495 e. The lowest BCUT2D eigenvalue weighted by Crippen LogP contribution is -2.15. The molecule has 0 radical (unpaired) electrons. The zero-order valence-corrected chi connectivity index (χ0v) is 14.8. The van der Waals surface area contributed by atoms with Gasteiger partial charge in [-0.1, -0.05) is 45.0 Å². The van der Waals surface area contributed by atoms with Crippen LogP contribution in [0.1, 0.15) is 37.8 Å². The number of sulfonamides is 1. The first-order chi connectivity index (χ1) is 10.9. The van der Waals surface area contributed by atoms with Gasteiger partial charge in [-0.05, 0) is 41.7 Å². The highest BCUT2D eigenvalue weighted by Gasteiger charge is 2.21. The van der Waals surface area contributed by atoms with Gasteiger partial charge in [0.05, 0.1) is 12.8 Å². The summed E-state index contributed by atoms with van der Waals surface area (Å²) in [4.78, 5) is 0.164. The van der Waals surface area contributed by atoms with Gasteiger partial charge in [-0.3, -0.25) is 4.72 Å². The molecule has 2 aromatic rings. The van der Waals surface area contributed by atoms with Gasteiger partial charge in [-0.2, -0.15) is 0 Å². The zero-order valence-electron chi connectivity index (χ0n) is 14.0. The van der Waals surface area contributed by atoms with Crippen LogP contribution in [0.5, 0.6) is 5.75 Å². The van der Waals surface area contributed by atoms with Crippen molar-refractivity contribution in [1.29, 1.82) is 0 Å². The number of rotatable bonds is 6. The quantitative estimate of drug-likeness (QED) is 0.862. The summed E-state index contributed by atoms with van der Waals surface area (Å²) in [5.74, 6) is 0.577. The summed E-state index contributed by atoms with van der Waals surface area (Å²) in [6, 6.07) is 12.7. The fourth-order valence-electron chi connectivity index (χ4n) is 2.39. The third-order valence-corrected chi connectivity index (χ3v) is 5.17. The molecule has 2 aromatic carbocycles. The van der Waals surface area contributed by atoms with Crippen molar-refractivity contribution >= 4 is 15.7 Å². The van der Waals surface area contributed by atoms with Crippen molar-refractivity contribution in [1.82, 2.24) is 0 Å². The minimum atomic E-state index is -3.72. The van der Waals surface area contributed by atoms with Crippen molar-refractivity contribution in [3.63, 3.8) is 0 Å². The molecule has 0 aliphatic rings. The molecule has 23 heavy (non-hydrogen) atoms. The average Bonchev–Trinajstić information content (AvgIpc) is 2.54. The summed E-state index contributed by atoms with van der Waals surface area (Å²) in [5, 5.41) is 0. The van der Waals surface area contributed by atoms with Crippen LogP contribution in [0.15, 0.2) is 47.4 Å². The predicted molar refractivity (Wildman–Crippen MR) is 93.7 cm³/mol. The first-order valence-electron chi connectivity index (χ1n) is 7.67. The maximum absolute atomic E-state index is 12.8. The number of para-hydroxylation sites is 1. The van der Waals surface area contributed by atoms with Gasteiger partial charge >= 0.3 is 0 Å². The van der Waals surface area contributed by atoms with Gasteiger partial charge in [0.25, 0.3) is 10.0 Å². The number of benzene rings is 2. The summed E-state index contributed by atoms with van der Waals surface area (Å²) in [5.41, 5.74) is 2.51. The van der Waals surface area contributed by atoms with Gasteiger partial charge in [0.2, 0.25) is 0 Å². The van der Waals surface area contributed by atoms with Crippen LogP contribution in [-0.2, 0) is 16.4 Å². The Kier molecular flexibility index (Phi) is 5.31. The molecule has 0 spiro atoms. The minimum absolute atomic E-state index is 0.164. The average molecular weight is 333 g/mol. The van der Waals surface area contributed by atoms with E-state index in [0.717, 1.165) is 17.5 Å². The summed E-state index contributed by atoms with van der Waals surface area (Å²) >= 11 is 0. The van der Waals surface area contributed by atoms with E-state index < -0.39 is 10.0 Å². The van der Waals surface area contributed by atoms with Gasteiger partial charge in [0, 0.05) is 0 Å². The Labute approximate surface area is 138 Å². The molecule has 0 bridgehead atoms. The molecular formula is C18H23NO3S. The van der Waals surface area contributed by atoms with Crippen LogP contribution in [0, 0.1) is 0 Å². The summed E-state index contributed by atoms with van der Waals surface area (Å²) in [6.07, 6.45) is 0.752. The van der Waals surface area contributed by atoms with E-state index in [1.807, 2.05) is 45.0 Å². The molecule has 4 nitrogen and oxygen atoms in total. The highest BCUT2D eigenvalue weighted by atomic mass is 32.2. The van der Waals surface area contributed by atoms with Crippen molar-refractivity contribution in [3.05, 3.63) is 53.6 Å². The number of aryl methyl sites for hydroxylation is 1. The molecule has 0 aliphatic carbocycles. The minimum Gasteiger partial charge on any atom is -0.495 e. The number of hydrogen-bond acceptors (Lipinski definition) is 3. The van der Waals surface area contributed by atoms with Crippen molar-refractivity contribution < 1.29 is 13.2 Å². The Morgan fingerprint density at radius 2 is 1.83 bits per heavy atom. The van der Waals surface area contributed by atoms with E-state index in [4.69, 9.17) is 4.74 Å². The van der Waals surface area contributed by atoms with Gasteiger partial charge in [-0.15, -0.1) is 0 Å². The smallest absolute Gasteiger partial charge is 0.265 e. The van der Waals surface area contributed by atoms with E-state index in [-0.39, 0.29) is 10.8 Å². The Hall–Kier alpha value is -2.01. The zero-order chi connectivity index (χ0) is 17.0. The molecule has 0 aliphatic heterocycles. The third kappa shape index (κ3) is 3.85. The molecule has 5 heteroatoms. The number of nitrogens with one attached hydrogen (secondary N) is 1. The molecule has 0 heterocycles. The van der Waals surface area contributed by atoms with Crippen LogP contribution < -0.4 is 9.46 Å². The van der Waals surface area contributed by atoms with Crippen molar-refractivity contribution in [2.24, 2.45) is 0 Å². The predicted octanol–water partition coefficient (Wildman–Crippen LogP) is 4.18. The van der Waals surface area contributed by atoms with Crippen molar-refractivity contribution in [2.75, 3.05) is 11.8 Å². The van der Waals surface area contributed by atoms with Crippen LogP contribution >= 0.6 is 0 Å². The Morgan fingerprint density at radius 1 is 1.13 bits per heavy atom. The molecule has 124 valence electrons. The molecule has 0 fully saturated rings. The normalized spacial score (nSPS) is 11.5. The second-order valence-corrected chi connectivity index (χ2v) is 7.33. The summed E-state index contributed by atoms with van der Waals surface area (Å²) in [7, 11) is -2.24. The van der Waals surface area contributed by atoms with Gasteiger partial charge in [0.15, 0.2) is 0 Å². The first-order valence-corrected chi connectivity index (χ1v) is 9.16. The van der Waals surface area contributed by atoms with Crippen LogP contribution in [0.2, 0.25) is 0 Å². The maximum atomic E-state index is 12.8. The Bertz CT molecular complexity index is 783. The van der Waals surface area contributed by atoms with Crippen LogP contribution in [0.3, 0.4) is 0 Å². The molecule has 0 aromatic heterocycles. The van der Waals surface area contributed by atoms with E-state index in [0.29, 0.717) is 11.4 Å². The number of hydrogen-bond donors (Lipinski definition) is 1. The molecule has 1 N–H and O–H groups in total. The number of anilines is 1. The molecule has 0 saturated carbocycles. The second kappa shape index (κ2) is 7.04. The van der Waals surface area contributed by atoms with E-state index in [1.165, 1.54) is 7.11 Å². The van der Waals surface area contributed by atoms with E-state index in [9.17, 15) is 8.42 Å². The third-order valence-electron chi connectivity index (χ3n) is 3.79. The van der Waals surface area contributed by atoms with Crippen LogP contribution in [-0.4, -0.2) is 15.5 Å². The highest BCUT2D eigenvalue weighted by molar-refractivity contribution is 7.92. The maximum Gasteiger partial charge on any atom is 0.265 e. The molecule has 0 saturated heterocycles. The number of ether oxygens (including phenoxy) is 1. The second-order valence-electron chi connectivity index (χ2n) is 5.68. The van der Waals surface area contributed by atoms with Crippen molar-refractivity contribution in [2.45, 2.75) is 38.0 Å². The molecule has 0 unspecified atom stereocenters. The Balaban J connectivity index is 2.48. The fourth-order valence-corrected chi connectivity index (χ4v) is 3.70. The summed E-state index contributed by atoms with van der Waals surface area (Å²) < 4.78 is 33.6. The SMILES string of the molecule is CCc1ccccc1NS(=O)(=O)c1cc(C(C)C)ccc1OC. The van der Waals surface area contributed by atoms with Gasteiger partial charge < -0.3 is 4.74 Å². The van der Waals surface area contributed by atoms with E-state index >= 15 is 0 Å². The molecular weight excluding hydrogens is 310 g/mol. The van der Waals surface area contributed by atoms with Crippen LogP contribution in [0.4, 0.5) is 5.69 Å². The molecule has 0 amide bonds. The monoisotopic (exact) mass is 333 g/mol. The molecule has 2 rings (SSSR count). The molecule has 0 atom stereocenters. The lowest BCUT2D eigenvalue weighted by Gasteiger charge is -2.16. The lowest BCUT2D eigenvalue weighted by molar-refractivity contribution is 0.402. The van der Waals surface area contributed by atoms with E-state index in [1.54, 1.807) is 18.2 Å². The highest BCUT2D eigenvalue weighted by Crippen LogP contribution is 2.30. The van der Waals surface area contributed by atoms with Gasteiger partial charge in [-0.25, -0.2) is 8.42 Å². The van der Waals surface area contributed by atoms with Crippen molar-refractivity contribution in [3.8, 4) is 5.75 Å². The van der Waals surface area contributed by atoms with Gasteiger partial charge in [0.1, 0.15) is 10.6 Å². The van der Waals surface area contributed by atoms with Crippen LogP contribution in [0.25, 0.3) is 0 Å². The summed E-state index contributed by atoms with van der Waals surface area (Å²) in [6.45, 7) is 6.04. The standard InChI is InChI=1S/C18H23NO3S/c1-5-14-8-6-7-9-16(14)19-23(20,21)18-12-15(13(2)3)10-11-17(18)22-4/h6-13,19H,5H2,1-4H3. The van der Waals surface area contributed by atoms with E-state index in [2.05, 4.69) is 4.72 Å².